The first-order chi connectivity index (χ1) is 12.4. The Kier molecular flexibility index (Phi) is 4.90. The van der Waals surface area contributed by atoms with Crippen molar-refractivity contribution in [2.75, 3.05) is 33.1 Å². The predicted octanol–water partition coefficient (Wildman–Crippen LogP) is 3.67. The third-order valence-electron chi connectivity index (χ3n) is 4.21. The Morgan fingerprint density at radius 3 is 2.69 bits per heavy atom. The topological polar surface area (TPSA) is 80.5 Å². The van der Waals surface area contributed by atoms with Gasteiger partial charge in [-0.2, -0.15) is 0 Å². The van der Waals surface area contributed by atoms with Crippen molar-refractivity contribution in [1.29, 1.82) is 0 Å². The number of nitrogens with zero attached hydrogens (tertiary/aromatic N) is 3. The largest absolute Gasteiger partial charge is 0.497 e. The van der Waals surface area contributed by atoms with E-state index in [-0.39, 0.29) is 16.7 Å². The molecule has 1 aromatic heterocycles. The molecule has 0 saturated carbocycles. The first kappa shape index (κ1) is 17.9. The molecule has 3 aromatic rings. The van der Waals surface area contributed by atoms with Crippen molar-refractivity contribution < 1.29 is 9.66 Å². The van der Waals surface area contributed by atoms with Gasteiger partial charge in [-0.1, -0.05) is 6.07 Å². The van der Waals surface area contributed by atoms with Gasteiger partial charge in [0.1, 0.15) is 11.1 Å². The first-order valence-electron chi connectivity index (χ1n) is 8.37. The van der Waals surface area contributed by atoms with Gasteiger partial charge in [0, 0.05) is 24.0 Å². The molecule has 7 heteroatoms. The molecule has 2 aromatic carbocycles. The van der Waals surface area contributed by atoms with Crippen LogP contribution in [0.25, 0.3) is 21.8 Å². The van der Waals surface area contributed by atoms with E-state index in [1.807, 2.05) is 39.2 Å². The van der Waals surface area contributed by atoms with E-state index in [9.17, 15) is 10.1 Å². The Morgan fingerprint density at radius 1 is 1.27 bits per heavy atom. The van der Waals surface area contributed by atoms with E-state index in [1.54, 1.807) is 19.2 Å². The molecule has 0 saturated heterocycles. The number of non-ortho nitro benzene ring substituents is 1. The summed E-state index contributed by atoms with van der Waals surface area (Å²) in [7, 11) is 5.58. The van der Waals surface area contributed by atoms with Crippen molar-refractivity contribution in [2.45, 2.75) is 13.0 Å². The Hall–Kier alpha value is -2.93. The molecule has 7 nitrogen and oxygen atoms in total. The number of ether oxygens (including phenoxy) is 1. The standard InChI is InChI=1S/C19H22N4O3/c1-12(11-22(2)3)20-19-14-10-13(26-4)8-9-15(14)21-16-6-5-7-17(18(16)19)23(24)25/h5-10,12H,11H2,1-4H3,(H,20,21). The number of nitro benzene ring substituents is 1. The number of hydrogen-bond donors (Lipinski definition) is 1. The highest BCUT2D eigenvalue weighted by Crippen LogP contribution is 2.38. The molecule has 0 fully saturated rings. The minimum absolute atomic E-state index is 0.0410. The molecule has 0 radical (unpaired) electrons. The normalized spacial score (nSPS) is 12.5. The highest BCUT2D eigenvalue weighted by atomic mass is 16.6. The Bertz CT molecular complexity index is 972. The van der Waals surface area contributed by atoms with E-state index in [4.69, 9.17) is 4.74 Å². The van der Waals surface area contributed by atoms with Gasteiger partial charge in [0.05, 0.1) is 28.8 Å². The van der Waals surface area contributed by atoms with Crippen LogP contribution in [0.4, 0.5) is 11.4 Å². The molecule has 26 heavy (non-hydrogen) atoms. The van der Waals surface area contributed by atoms with Gasteiger partial charge in [-0.3, -0.25) is 10.1 Å². The summed E-state index contributed by atoms with van der Waals surface area (Å²) in [5.74, 6) is 0.681. The number of rotatable bonds is 6. The summed E-state index contributed by atoms with van der Waals surface area (Å²) < 4.78 is 5.34. The second kappa shape index (κ2) is 7.13. The summed E-state index contributed by atoms with van der Waals surface area (Å²) in [5.41, 5.74) is 2.11. The summed E-state index contributed by atoms with van der Waals surface area (Å²) in [6.45, 7) is 2.84. The lowest BCUT2D eigenvalue weighted by Crippen LogP contribution is -2.29. The summed E-state index contributed by atoms with van der Waals surface area (Å²) >= 11 is 0. The summed E-state index contributed by atoms with van der Waals surface area (Å²) in [5, 5.41) is 16.4. The van der Waals surface area contributed by atoms with E-state index in [2.05, 4.69) is 15.2 Å². The fraction of sp³-hybridized carbons (Fsp3) is 0.316. The van der Waals surface area contributed by atoms with Gasteiger partial charge in [-0.15, -0.1) is 0 Å². The summed E-state index contributed by atoms with van der Waals surface area (Å²) in [4.78, 5) is 17.9. The Balaban J connectivity index is 2.33. The van der Waals surface area contributed by atoms with Crippen LogP contribution < -0.4 is 10.1 Å². The number of pyridine rings is 1. The van der Waals surface area contributed by atoms with E-state index in [1.165, 1.54) is 6.07 Å². The minimum atomic E-state index is -0.363. The second-order valence-electron chi connectivity index (χ2n) is 6.61. The van der Waals surface area contributed by atoms with Gasteiger partial charge in [-0.05, 0) is 45.3 Å². The number of nitrogens with one attached hydrogen (secondary N) is 1. The number of nitro groups is 1. The molecule has 136 valence electrons. The molecule has 1 N–H and O–H groups in total. The zero-order valence-electron chi connectivity index (χ0n) is 15.3. The summed E-state index contributed by atoms with van der Waals surface area (Å²) in [6, 6.07) is 10.6. The fourth-order valence-electron chi connectivity index (χ4n) is 3.22. The van der Waals surface area contributed by atoms with Crippen LogP contribution in [-0.4, -0.2) is 48.6 Å². The second-order valence-corrected chi connectivity index (χ2v) is 6.61. The smallest absolute Gasteiger partial charge is 0.280 e. The lowest BCUT2D eigenvalue weighted by molar-refractivity contribution is -0.383. The van der Waals surface area contributed by atoms with Gasteiger partial charge in [-0.25, -0.2) is 4.98 Å². The van der Waals surface area contributed by atoms with Crippen LogP contribution in [0.3, 0.4) is 0 Å². The van der Waals surface area contributed by atoms with Gasteiger partial charge in [0.25, 0.3) is 5.69 Å². The molecule has 0 aliphatic rings. The van der Waals surface area contributed by atoms with Crippen molar-refractivity contribution in [2.24, 2.45) is 0 Å². The maximum absolute atomic E-state index is 11.6. The summed E-state index contributed by atoms with van der Waals surface area (Å²) in [6.07, 6.45) is 0. The van der Waals surface area contributed by atoms with E-state index in [0.717, 1.165) is 17.4 Å². The average Bonchev–Trinajstić information content (AvgIpc) is 2.59. The third-order valence-corrected chi connectivity index (χ3v) is 4.21. The zero-order chi connectivity index (χ0) is 18.8. The average molecular weight is 354 g/mol. The Morgan fingerprint density at radius 2 is 2.04 bits per heavy atom. The number of likely N-dealkylation sites (N-methyl/N-ethyl adjacent to an activating group) is 1. The highest BCUT2D eigenvalue weighted by molar-refractivity contribution is 6.11. The zero-order valence-corrected chi connectivity index (χ0v) is 15.3. The van der Waals surface area contributed by atoms with Crippen molar-refractivity contribution in [3.63, 3.8) is 0 Å². The maximum Gasteiger partial charge on any atom is 0.280 e. The molecule has 1 heterocycles. The van der Waals surface area contributed by atoms with Crippen molar-refractivity contribution in [3.8, 4) is 5.75 Å². The Labute approximate surface area is 151 Å². The molecule has 0 aliphatic heterocycles. The van der Waals surface area contributed by atoms with Crippen LogP contribution in [0, 0.1) is 10.1 Å². The van der Waals surface area contributed by atoms with Crippen LogP contribution in [0.1, 0.15) is 6.92 Å². The number of aromatic nitrogens is 1. The molecule has 1 atom stereocenters. The van der Waals surface area contributed by atoms with Crippen molar-refractivity contribution in [1.82, 2.24) is 9.88 Å². The maximum atomic E-state index is 11.6. The quantitative estimate of drug-likeness (QED) is 0.413. The van der Waals surface area contributed by atoms with E-state index >= 15 is 0 Å². The van der Waals surface area contributed by atoms with Crippen LogP contribution in [-0.2, 0) is 0 Å². The molecular weight excluding hydrogens is 332 g/mol. The van der Waals surface area contributed by atoms with Gasteiger partial charge >= 0.3 is 0 Å². The highest BCUT2D eigenvalue weighted by Gasteiger charge is 2.20. The number of hydrogen-bond acceptors (Lipinski definition) is 6. The van der Waals surface area contributed by atoms with Crippen LogP contribution in [0.15, 0.2) is 36.4 Å². The molecule has 0 aliphatic carbocycles. The molecule has 1 unspecified atom stereocenters. The predicted molar refractivity (Wildman–Crippen MR) is 104 cm³/mol. The van der Waals surface area contributed by atoms with Crippen molar-refractivity contribution in [3.05, 3.63) is 46.5 Å². The SMILES string of the molecule is COc1ccc2nc3cccc([N+](=O)[O-])c3c(NC(C)CN(C)C)c2c1. The lowest BCUT2D eigenvalue weighted by atomic mass is 10.0. The third kappa shape index (κ3) is 3.39. The van der Waals surface area contributed by atoms with E-state index in [0.29, 0.717) is 22.3 Å². The van der Waals surface area contributed by atoms with Crippen LogP contribution in [0.5, 0.6) is 5.75 Å². The number of fused-ring (bicyclic) bond motifs is 2. The number of methoxy groups -OCH3 is 1. The minimum Gasteiger partial charge on any atom is -0.497 e. The molecule has 3 rings (SSSR count). The molecule has 0 bridgehead atoms. The fourth-order valence-corrected chi connectivity index (χ4v) is 3.22. The number of anilines is 1. The van der Waals surface area contributed by atoms with Gasteiger partial charge in [0.15, 0.2) is 0 Å². The molecular formula is C19H22N4O3. The monoisotopic (exact) mass is 354 g/mol. The molecule has 0 spiro atoms. The first-order valence-corrected chi connectivity index (χ1v) is 8.37. The van der Waals surface area contributed by atoms with Crippen molar-refractivity contribution >= 4 is 33.2 Å². The van der Waals surface area contributed by atoms with Gasteiger partial charge in [0.2, 0.25) is 0 Å². The van der Waals surface area contributed by atoms with Crippen LogP contribution >= 0.6 is 0 Å². The van der Waals surface area contributed by atoms with Crippen LogP contribution in [0.2, 0.25) is 0 Å². The van der Waals surface area contributed by atoms with E-state index < -0.39 is 0 Å². The van der Waals surface area contributed by atoms with Gasteiger partial charge < -0.3 is 15.0 Å². The lowest BCUT2D eigenvalue weighted by Gasteiger charge is -2.21. The molecule has 0 amide bonds. The number of benzene rings is 2.